The molecule has 6 heteroatoms. The summed E-state index contributed by atoms with van der Waals surface area (Å²) < 4.78 is 0. The highest BCUT2D eigenvalue weighted by Gasteiger charge is 2.21. The molecule has 3 aromatic rings. The maximum atomic E-state index is 12.5. The van der Waals surface area contributed by atoms with E-state index in [9.17, 15) is 4.79 Å². The van der Waals surface area contributed by atoms with E-state index in [1.807, 2.05) is 12.1 Å². The number of hydrogen-bond donors (Lipinski definition) is 1. The number of benzene rings is 2. The van der Waals surface area contributed by atoms with Crippen LogP contribution in [-0.4, -0.2) is 22.4 Å². The number of rotatable bonds is 3. The van der Waals surface area contributed by atoms with Crippen LogP contribution in [-0.2, 0) is 6.42 Å². The van der Waals surface area contributed by atoms with Gasteiger partial charge in [0.05, 0.1) is 0 Å². The molecule has 0 unspecified atom stereocenters. The van der Waals surface area contributed by atoms with Crippen LogP contribution in [0.2, 0.25) is 5.02 Å². The van der Waals surface area contributed by atoms with E-state index >= 15 is 0 Å². The van der Waals surface area contributed by atoms with Crippen molar-refractivity contribution in [3.63, 3.8) is 0 Å². The number of nitrogens with one attached hydrogen (secondary N) is 1. The van der Waals surface area contributed by atoms with Crippen LogP contribution in [0.1, 0.15) is 22.5 Å². The number of halogens is 1. The summed E-state index contributed by atoms with van der Waals surface area (Å²) in [6.45, 7) is 0.830. The van der Waals surface area contributed by atoms with Gasteiger partial charge in [0.1, 0.15) is 5.69 Å². The molecule has 0 saturated carbocycles. The molecular weight excluding hydrogens is 348 g/mol. The van der Waals surface area contributed by atoms with Gasteiger partial charge in [0.25, 0.3) is 5.91 Å². The second kappa shape index (κ2) is 7.14. The van der Waals surface area contributed by atoms with Gasteiger partial charge < -0.3 is 10.2 Å². The third kappa shape index (κ3) is 3.39. The molecule has 0 saturated heterocycles. The van der Waals surface area contributed by atoms with Crippen LogP contribution in [0.3, 0.4) is 0 Å². The molecule has 1 aliphatic rings. The van der Waals surface area contributed by atoms with Crippen molar-refractivity contribution in [3.05, 3.63) is 77.1 Å². The first kappa shape index (κ1) is 16.5. The number of aromatic nitrogens is 2. The lowest BCUT2D eigenvalue weighted by Crippen LogP contribution is -2.27. The Bertz CT molecular complexity index is 960. The summed E-state index contributed by atoms with van der Waals surface area (Å²) in [5, 5.41) is 3.38. The average Bonchev–Trinajstić information content (AvgIpc) is 2.67. The largest absolute Gasteiger partial charge is 0.321 e. The van der Waals surface area contributed by atoms with Gasteiger partial charge in [-0.2, -0.15) is 0 Å². The molecule has 0 fully saturated rings. The Kier molecular flexibility index (Phi) is 4.54. The smallest absolute Gasteiger partial charge is 0.274 e. The van der Waals surface area contributed by atoms with Crippen molar-refractivity contribution in [2.45, 2.75) is 12.8 Å². The number of anilines is 3. The molecule has 5 nitrogen and oxygen atoms in total. The number of para-hydroxylation sites is 1. The first-order valence-corrected chi connectivity index (χ1v) is 8.84. The summed E-state index contributed by atoms with van der Waals surface area (Å²) in [6.07, 6.45) is 3.69. The summed E-state index contributed by atoms with van der Waals surface area (Å²) in [5.74, 6) is 0.247. The van der Waals surface area contributed by atoms with E-state index in [1.54, 1.807) is 36.5 Å². The molecule has 26 heavy (non-hydrogen) atoms. The van der Waals surface area contributed by atoms with Gasteiger partial charge in [0.2, 0.25) is 5.95 Å². The topological polar surface area (TPSA) is 58.1 Å². The van der Waals surface area contributed by atoms with E-state index in [0.717, 1.165) is 25.1 Å². The van der Waals surface area contributed by atoms with Gasteiger partial charge in [-0.3, -0.25) is 4.79 Å². The zero-order valence-electron chi connectivity index (χ0n) is 14.0. The van der Waals surface area contributed by atoms with Gasteiger partial charge in [-0.15, -0.1) is 0 Å². The molecule has 2 aromatic carbocycles. The van der Waals surface area contributed by atoms with Gasteiger partial charge in [-0.05, 0) is 48.7 Å². The van der Waals surface area contributed by atoms with Crippen LogP contribution in [0.4, 0.5) is 17.3 Å². The molecule has 1 aliphatic heterocycles. The number of aryl methyl sites for hydroxylation is 1. The Balaban J connectivity index is 1.60. The van der Waals surface area contributed by atoms with Gasteiger partial charge in [-0.25, -0.2) is 9.97 Å². The normalized spacial score (nSPS) is 13.2. The number of nitrogens with zero attached hydrogens (tertiary/aromatic N) is 3. The SMILES string of the molecule is O=C(Nc1cccc(Cl)c1)c1ccnc(N2CCCc3ccccc32)n1. The third-order valence-corrected chi connectivity index (χ3v) is 4.54. The fourth-order valence-electron chi connectivity index (χ4n) is 3.11. The number of fused-ring (bicyclic) bond motifs is 1. The Hall–Kier alpha value is -2.92. The molecule has 0 spiro atoms. The summed E-state index contributed by atoms with van der Waals surface area (Å²) in [7, 11) is 0. The second-order valence-electron chi connectivity index (χ2n) is 6.09. The predicted octanol–water partition coefficient (Wildman–Crippen LogP) is 4.47. The molecule has 2 heterocycles. The van der Waals surface area contributed by atoms with Crippen LogP contribution in [0.5, 0.6) is 0 Å². The molecular formula is C20H17ClN4O. The van der Waals surface area contributed by atoms with Crippen molar-refractivity contribution in [2.24, 2.45) is 0 Å². The van der Waals surface area contributed by atoms with Gasteiger partial charge in [0, 0.05) is 29.1 Å². The molecule has 130 valence electrons. The zero-order valence-corrected chi connectivity index (χ0v) is 14.8. The van der Waals surface area contributed by atoms with Crippen molar-refractivity contribution < 1.29 is 4.79 Å². The minimum absolute atomic E-state index is 0.291. The Labute approximate surface area is 156 Å². The molecule has 1 aromatic heterocycles. The van der Waals surface area contributed by atoms with Crippen molar-refractivity contribution in [1.29, 1.82) is 0 Å². The lowest BCUT2D eigenvalue weighted by molar-refractivity contribution is 0.102. The van der Waals surface area contributed by atoms with Crippen LogP contribution in [0, 0.1) is 0 Å². The van der Waals surface area contributed by atoms with Crippen molar-refractivity contribution in [1.82, 2.24) is 9.97 Å². The zero-order chi connectivity index (χ0) is 17.9. The second-order valence-corrected chi connectivity index (χ2v) is 6.53. The minimum atomic E-state index is -0.291. The van der Waals surface area contributed by atoms with Crippen LogP contribution in [0.25, 0.3) is 0 Å². The molecule has 0 bridgehead atoms. The lowest BCUT2D eigenvalue weighted by Gasteiger charge is -2.29. The van der Waals surface area contributed by atoms with Crippen molar-refractivity contribution in [3.8, 4) is 0 Å². The molecule has 0 aliphatic carbocycles. The number of hydrogen-bond acceptors (Lipinski definition) is 4. The summed E-state index contributed by atoms with van der Waals surface area (Å²) in [5.41, 5.74) is 3.33. The first-order valence-electron chi connectivity index (χ1n) is 8.46. The fourth-order valence-corrected chi connectivity index (χ4v) is 3.30. The van der Waals surface area contributed by atoms with E-state index in [4.69, 9.17) is 11.6 Å². The van der Waals surface area contributed by atoms with Crippen LogP contribution in [0.15, 0.2) is 60.8 Å². The van der Waals surface area contributed by atoms with E-state index in [1.165, 1.54) is 5.56 Å². The van der Waals surface area contributed by atoms with E-state index < -0.39 is 0 Å². The molecule has 1 amide bonds. The quantitative estimate of drug-likeness (QED) is 0.745. The van der Waals surface area contributed by atoms with Crippen molar-refractivity contribution in [2.75, 3.05) is 16.8 Å². The average molecular weight is 365 g/mol. The van der Waals surface area contributed by atoms with E-state index in [2.05, 4.69) is 32.3 Å². The molecule has 1 N–H and O–H groups in total. The Morgan fingerprint density at radius 2 is 2.00 bits per heavy atom. The molecule has 0 radical (unpaired) electrons. The highest BCUT2D eigenvalue weighted by Crippen LogP contribution is 2.31. The van der Waals surface area contributed by atoms with E-state index in [0.29, 0.717) is 22.4 Å². The standard InChI is InChI=1S/C20H17ClN4O/c21-15-7-3-8-16(13-15)23-19(26)17-10-11-22-20(24-17)25-12-4-6-14-5-1-2-9-18(14)25/h1-3,5,7-11,13H,4,6,12H2,(H,23,26). The van der Waals surface area contributed by atoms with Gasteiger partial charge >= 0.3 is 0 Å². The van der Waals surface area contributed by atoms with E-state index in [-0.39, 0.29) is 5.91 Å². The Morgan fingerprint density at radius 1 is 1.12 bits per heavy atom. The predicted molar refractivity (Wildman–Crippen MR) is 103 cm³/mol. The molecule has 4 rings (SSSR count). The maximum Gasteiger partial charge on any atom is 0.274 e. The molecule has 0 atom stereocenters. The first-order chi connectivity index (χ1) is 12.7. The number of carbonyl (C=O) groups excluding carboxylic acids is 1. The summed E-state index contributed by atoms with van der Waals surface area (Å²) in [6, 6.07) is 16.9. The summed E-state index contributed by atoms with van der Waals surface area (Å²) in [4.78, 5) is 23.5. The maximum absolute atomic E-state index is 12.5. The number of carbonyl (C=O) groups is 1. The van der Waals surface area contributed by atoms with Gasteiger partial charge in [-0.1, -0.05) is 35.9 Å². The van der Waals surface area contributed by atoms with Crippen LogP contribution >= 0.6 is 11.6 Å². The van der Waals surface area contributed by atoms with Crippen LogP contribution < -0.4 is 10.2 Å². The summed E-state index contributed by atoms with van der Waals surface area (Å²) >= 11 is 5.97. The Morgan fingerprint density at radius 3 is 2.88 bits per heavy atom. The van der Waals surface area contributed by atoms with Gasteiger partial charge in [0.15, 0.2) is 0 Å². The third-order valence-electron chi connectivity index (χ3n) is 4.31. The minimum Gasteiger partial charge on any atom is -0.321 e. The highest BCUT2D eigenvalue weighted by molar-refractivity contribution is 6.30. The monoisotopic (exact) mass is 364 g/mol. The highest BCUT2D eigenvalue weighted by atomic mass is 35.5. The number of amides is 1. The van der Waals surface area contributed by atoms with Crippen molar-refractivity contribution >= 4 is 34.8 Å². The lowest BCUT2D eigenvalue weighted by atomic mass is 10.0. The fraction of sp³-hybridized carbons (Fsp3) is 0.150.